The Morgan fingerprint density at radius 1 is 1.00 bits per heavy atom. The van der Waals surface area contributed by atoms with Gasteiger partial charge in [-0.05, 0) is 55.7 Å². The molecule has 0 unspecified atom stereocenters. The topological polar surface area (TPSA) is 114 Å². The fourth-order valence-electron chi connectivity index (χ4n) is 2.60. The van der Waals surface area contributed by atoms with Crippen molar-refractivity contribution < 1.29 is 29.0 Å². The van der Waals surface area contributed by atoms with Crippen molar-refractivity contribution in [1.29, 1.82) is 0 Å². The number of hydrogen-bond acceptors (Lipinski definition) is 5. The first-order valence-corrected chi connectivity index (χ1v) is 9.19. The summed E-state index contributed by atoms with van der Waals surface area (Å²) in [5.41, 5.74) is 1.94. The van der Waals surface area contributed by atoms with Gasteiger partial charge in [-0.1, -0.05) is 6.07 Å². The van der Waals surface area contributed by atoms with Crippen molar-refractivity contribution in [1.82, 2.24) is 0 Å². The summed E-state index contributed by atoms with van der Waals surface area (Å²) in [4.78, 5) is 34.6. The molecule has 0 atom stereocenters. The molecule has 2 aromatic carbocycles. The predicted octanol–water partition coefficient (Wildman–Crippen LogP) is 2.82. The van der Waals surface area contributed by atoms with Crippen LogP contribution in [-0.4, -0.2) is 36.1 Å². The summed E-state index contributed by atoms with van der Waals surface area (Å²) in [6, 6.07) is 11.8. The zero-order valence-electron chi connectivity index (χ0n) is 15.9. The second-order valence-electron chi connectivity index (χ2n) is 6.79. The van der Waals surface area contributed by atoms with E-state index in [0.29, 0.717) is 22.9 Å². The van der Waals surface area contributed by atoms with Crippen LogP contribution >= 0.6 is 0 Å². The van der Waals surface area contributed by atoms with E-state index in [9.17, 15) is 14.4 Å². The van der Waals surface area contributed by atoms with Crippen LogP contribution in [0, 0.1) is 12.8 Å². The molecule has 3 N–H and O–H groups in total. The lowest BCUT2D eigenvalue weighted by Crippen LogP contribution is -2.20. The molecule has 0 spiro atoms. The highest BCUT2D eigenvalue weighted by molar-refractivity contribution is 5.94. The number of amides is 2. The smallest absolute Gasteiger partial charge is 0.341 e. The highest BCUT2D eigenvalue weighted by Crippen LogP contribution is 2.30. The van der Waals surface area contributed by atoms with Crippen LogP contribution in [0.2, 0.25) is 0 Å². The molecule has 8 nitrogen and oxygen atoms in total. The van der Waals surface area contributed by atoms with Crippen LogP contribution in [-0.2, 0) is 14.4 Å². The number of hydrogen-bond donors (Lipinski definition) is 3. The minimum absolute atomic E-state index is 0.00569. The molecule has 1 aliphatic carbocycles. The number of carbonyl (C=O) groups is 3. The van der Waals surface area contributed by atoms with E-state index in [4.69, 9.17) is 14.6 Å². The van der Waals surface area contributed by atoms with Gasteiger partial charge in [-0.2, -0.15) is 0 Å². The number of benzene rings is 2. The van der Waals surface area contributed by atoms with Crippen molar-refractivity contribution in [2.24, 2.45) is 5.92 Å². The first kappa shape index (κ1) is 20.2. The molecule has 0 saturated heterocycles. The lowest BCUT2D eigenvalue weighted by Gasteiger charge is -2.12. The molecule has 2 aromatic rings. The van der Waals surface area contributed by atoms with Crippen molar-refractivity contribution >= 4 is 29.2 Å². The summed E-state index contributed by atoms with van der Waals surface area (Å²) in [6.45, 7) is 1.14. The van der Waals surface area contributed by atoms with Crippen LogP contribution in [0.3, 0.4) is 0 Å². The third-order valence-corrected chi connectivity index (χ3v) is 4.25. The zero-order chi connectivity index (χ0) is 20.8. The average Bonchev–Trinajstić information content (AvgIpc) is 3.52. The Hall–Kier alpha value is -3.55. The van der Waals surface area contributed by atoms with E-state index in [0.717, 1.165) is 18.4 Å². The Labute approximate surface area is 167 Å². The summed E-state index contributed by atoms with van der Waals surface area (Å²) in [6.07, 6.45) is 1.85. The Bertz CT molecular complexity index is 923. The van der Waals surface area contributed by atoms with Crippen LogP contribution in [0.1, 0.15) is 18.4 Å². The second kappa shape index (κ2) is 9.09. The van der Waals surface area contributed by atoms with Crippen molar-refractivity contribution in [3.8, 4) is 11.5 Å². The van der Waals surface area contributed by atoms with Crippen LogP contribution in [0.25, 0.3) is 0 Å². The normalized spacial score (nSPS) is 12.7. The number of carboxylic acid groups (broad SMARTS) is 1. The molecule has 0 bridgehead atoms. The van der Waals surface area contributed by atoms with Gasteiger partial charge < -0.3 is 25.2 Å². The minimum atomic E-state index is -1.06. The molecule has 1 aliphatic rings. The predicted molar refractivity (Wildman–Crippen MR) is 106 cm³/mol. The van der Waals surface area contributed by atoms with Gasteiger partial charge in [-0.25, -0.2) is 4.79 Å². The zero-order valence-corrected chi connectivity index (χ0v) is 15.9. The van der Waals surface area contributed by atoms with Crippen molar-refractivity contribution in [2.75, 3.05) is 23.8 Å². The monoisotopic (exact) mass is 398 g/mol. The van der Waals surface area contributed by atoms with Crippen LogP contribution in [0.15, 0.2) is 42.5 Å². The van der Waals surface area contributed by atoms with Gasteiger partial charge in [0.1, 0.15) is 11.5 Å². The van der Waals surface area contributed by atoms with Crippen molar-refractivity contribution in [3.05, 3.63) is 48.0 Å². The number of aliphatic carboxylic acids is 1. The number of rotatable bonds is 9. The Morgan fingerprint density at radius 3 is 2.41 bits per heavy atom. The molecular weight excluding hydrogens is 376 g/mol. The maximum atomic E-state index is 12.2. The van der Waals surface area contributed by atoms with Crippen LogP contribution in [0.4, 0.5) is 11.4 Å². The maximum absolute atomic E-state index is 12.2. The Morgan fingerprint density at radius 2 is 1.72 bits per heavy atom. The lowest BCUT2D eigenvalue weighted by molar-refractivity contribution is -0.139. The molecule has 0 aliphatic heterocycles. The van der Waals surface area contributed by atoms with Gasteiger partial charge in [0.2, 0.25) is 5.91 Å². The fraction of sp³-hybridized carbons (Fsp3) is 0.286. The second-order valence-corrected chi connectivity index (χ2v) is 6.79. The summed E-state index contributed by atoms with van der Waals surface area (Å²) < 4.78 is 10.6. The van der Waals surface area contributed by atoms with E-state index in [1.54, 1.807) is 49.4 Å². The molecule has 8 heteroatoms. The number of aryl methyl sites for hydroxylation is 1. The first-order valence-electron chi connectivity index (χ1n) is 9.19. The van der Waals surface area contributed by atoms with E-state index in [1.165, 1.54) is 0 Å². The molecule has 3 rings (SSSR count). The highest BCUT2D eigenvalue weighted by Gasteiger charge is 2.29. The fourth-order valence-corrected chi connectivity index (χ4v) is 2.60. The standard InChI is InChI=1S/C21H22N2O6/c1-13-9-17(29-12-20(25)26)7-8-18(13)23-19(24)11-28-16-4-2-3-15(10-16)22-21(27)14-5-6-14/h2-4,7-10,14H,5-6,11-12H2,1H3,(H,22,27)(H,23,24)(H,25,26). The molecule has 1 fully saturated rings. The van der Waals surface area contributed by atoms with Gasteiger partial charge in [0, 0.05) is 23.4 Å². The summed E-state index contributed by atoms with van der Waals surface area (Å²) >= 11 is 0. The molecule has 1 saturated carbocycles. The van der Waals surface area contributed by atoms with Gasteiger partial charge in [0.05, 0.1) is 0 Å². The largest absolute Gasteiger partial charge is 0.484 e. The first-order chi connectivity index (χ1) is 13.9. The van der Waals surface area contributed by atoms with Gasteiger partial charge in [0.15, 0.2) is 13.2 Å². The maximum Gasteiger partial charge on any atom is 0.341 e. The molecule has 152 valence electrons. The lowest BCUT2D eigenvalue weighted by atomic mass is 10.2. The Kier molecular flexibility index (Phi) is 6.33. The number of carboxylic acids is 1. The summed E-state index contributed by atoms with van der Waals surface area (Å²) in [7, 11) is 0. The molecular formula is C21H22N2O6. The minimum Gasteiger partial charge on any atom is -0.484 e. The van der Waals surface area contributed by atoms with E-state index in [2.05, 4.69) is 10.6 Å². The number of carbonyl (C=O) groups excluding carboxylic acids is 2. The number of ether oxygens (including phenoxy) is 2. The van der Waals surface area contributed by atoms with E-state index in [1.807, 2.05) is 0 Å². The number of nitrogens with one attached hydrogen (secondary N) is 2. The number of anilines is 2. The van der Waals surface area contributed by atoms with Crippen LogP contribution < -0.4 is 20.1 Å². The molecule has 0 heterocycles. The SMILES string of the molecule is Cc1cc(OCC(=O)O)ccc1NC(=O)COc1cccc(NC(=O)C2CC2)c1. The van der Waals surface area contributed by atoms with E-state index >= 15 is 0 Å². The van der Waals surface area contributed by atoms with Gasteiger partial charge >= 0.3 is 5.97 Å². The molecule has 29 heavy (non-hydrogen) atoms. The Balaban J connectivity index is 1.50. The molecule has 2 amide bonds. The average molecular weight is 398 g/mol. The highest BCUT2D eigenvalue weighted by atomic mass is 16.5. The molecule has 0 radical (unpaired) electrons. The van der Waals surface area contributed by atoms with Crippen molar-refractivity contribution in [3.63, 3.8) is 0 Å². The van der Waals surface area contributed by atoms with Gasteiger partial charge in [-0.3, -0.25) is 9.59 Å². The van der Waals surface area contributed by atoms with Crippen molar-refractivity contribution in [2.45, 2.75) is 19.8 Å². The van der Waals surface area contributed by atoms with Crippen LogP contribution in [0.5, 0.6) is 11.5 Å². The summed E-state index contributed by atoms with van der Waals surface area (Å²) in [5.74, 6) is -0.416. The quantitative estimate of drug-likeness (QED) is 0.599. The third kappa shape index (κ3) is 6.24. The summed E-state index contributed by atoms with van der Waals surface area (Å²) in [5, 5.41) is 14.2. The van der Waals surface area contributed by atoms with Gasteiger partial charge in [-0.15, -0.1) is 0 Å². The third-order valence-electron chi connectivity index (χ3n) is 4.25. The molecule has 0 aromatic heterocycles. The van der Waals surface area contributed by atoms with E-state index in [-0.39, 0.29) is 24.3 Å². The van der Waals surface area contributed by atoms with E-state index < -0.39 is 12.6 Å². The van der Waals surface area contributed by atoms with Gasteiger partial charge in [0.25, 0.3) is 5.91 Å².